The van der Waals surface area contributed by atoms with Crippen molar-refractivity contribution in [3.63, 3.8) is 0 Å². The molecule has 1 heterocycles. The number of amides is 4. The van der Waals surface area contributed by atoms with E-state index < -0.39 is 29.9 Å². The summed E-state index contributed by atoms with van der Waals surface area (Å²) in [7, 11) is 0. The van der Waals surface area contributed by atoms with E-state index in [2.05, 4.69) is 5.32 Å². The van der Waals surface area contributed by atoms with Gasteiger partial charge in [0.2, 0.25) is 5.91 Å². The fraction of sp³-hybridized carbons (Fsp3) is 0.250. The van der Waals surface area contributed by atoms with Gasteiger partial charge < -0.3 is 11.1 Å². The molecule has 1 aromatic carbocycles. The van der Waals surface area contributed by atoms with Crippen LogP contribution in [0.1, 0.15) is 12.5 Å². The van der Waals surface area contributed by atoms with Gasteiger partial charge in [-0.25, -0.2) is 4.79 Å². The Morgan fingerprint density at radius 2 is 1.94 bits per heavy atom. The molecule has 0 saturated carbocycles. The van der Waals surface area contributed by atoms with Crippen molar-refractivity contribution in [1.29, 1.82) is 0 Å². The number of rotatable bonds is 3. The van der Waals surface area contributed by atoms with Crippen LogP contribution in [0.3, 0.4) is 0 Å². The van der Waals surface area contributed by atoms with Gasteiger partial charge in [-0.1, -0.05) is 30.3 Å². The highest BCUT2D eigenvalue weighted by atomic mass is 16.2. The van der Waals surface area contributed by atoms with Crippen LogP contribution < -0.4 is 11.1 Å². The Bertz CT molecular complexity index is 515. The van der Waals surface area contributed by atoms with Crippen LogP contribution in [0.15, 0.2) is 30.3 Å². The lowest BCUT2D eigenvalue weighted by molar-refractivity contribution is -0.134. The Morgan fingerprint density at radius 1 is 1.33 bits per heavy atom. The Balaban J connectivity index is 2.35. The third-order valence-electron chi connectivity index (χ3n) is 2.94. The van der Waals surface area contributed by atoms with E-state index in [0.29, 0.717) is 5.56 Å². The van der Waals surface area contributed by atoms with Crippen LogP contribution in [0, 0.1) is 0 Å². The maximum atomic E-state index is 12.2. The highest BCUT2D eigenvalue weighted by Crippen LogP contribution is 2.28. The van der Waals surface area contributed by atoms with Crippen molar-refractivity contribution in [1.82, 2.24) is 10.2 Å². The van der Waals surface area contributed by atoms with Crippen LogP contribution in [0.2, 0.25) is 0 Å². The van der Waals surface area contributed by atoms with E-state index in [1.165, 1.54) is 0 Å². The Kier molecular flexibility index (Phi) is 2.78. The molecule has 0 aliphatic carbocycles. The van der Waals surface area contributed by atoms with Gasteiger partial charge in [-0.2, -0.15) is 0 Å². The zero-order valence-corrected chi connectivity index (χ0v) is 9.84. The molecule has 18 heavy (non-hydrogen) atoms. The SMILES string of the molecule is C[C@]1(c2ccccc2)NC(=O)N(CC(N)=O)C1=O. The molecule has 0 bridgehead atoms. The van der Waals surface area contributed by atoms with E-state index in [1.54, 1.807) is 31.2 Å². The van der Waals surface area contributed by atoms with Crippen LogP contribution in [-0.2, 0) is 15.1 Å². The fourth-order valence-corrected chi connectivity index (χ4v) is 1.96. The predicted octanol–water partition coefficient (Wildman–Crippen LogP) is -0.0611. The van der Waals surface area contributed by atoms with E-state index in [4.69, 9.17) is 5.73 Å². The smallest absolute Gasteiger partial charge is 0.325 e. The Hall–Kier alpha value is -2.37. The molecule has 0 radical (unpaired) electrons. The summed E-state index contributed by atoms with van der Waals surface area (Å²) in [5.74, 6) is -1.20. The minimum atomic E-state index is -1.15. The van der Waals surface area contributed by atoms with Crippen LogP contribution in [0.25, 0.3) is 0 Å². The second-order valence-corrected chi connectivity index (χ2v) is 4.28. The monoisotopic (exact) mass is 247 g/mol. The van der Waals surface area contributed by atoms with E-state index in [0.717, 1.165) is 4.90 Å². The number of hydrogen-bond donors (Lipinski definition) is 2. The van der Waals surface area contributed by atoms with Gasteiger partial charge in [-0.05, 0) is 12.5 Å². The van der Waals surface area contributed by atoms with Crippen molar-refractivity contribution in [2.45, 2.75) is 12.5 Å². The summed E-state index contributed by atoms with van der Waals surface area (Å²) < 4.78 is 0. The van der Waals surface area contributed by atoms with Crippen LogP contribution in [-0.4, -0.2) is 29.3 Å². The lowest BCUT2D eigenvalue weighted by atomic mass is 9.92. The summed E-state index contributed by atoms with van der Waals surface area (Å²) in [4.78, 5) is 35.6. The number of carbonyl (C=O) groups is 3. The van der Waals surface area contributed by atoms with E-state index in [9.17, 15) is 14.4 Å². The molecule has 3 N–H and O–H groups in total. The number of carbonyl (C=O) groups excluding carboxylic acids is 3. The second kappa shape index (κ2) is 4.14. The molecule has 1 fully saturated rings. The molecule has 0 spiro atoms. The summed E-state index contributed by atoms with van der Waals surface area (Å²) in [5.41, 5.74) is 4.53. The van der Waals surface area contributed by atoms with Crippen LogP contribution >= 0.6 is 0 Å². The molecule has 94 valence electrons. The van der Waals surface area contributed by atoms with Crippen molar-refractivity contribution in [2.75, 3.05) is 6.54 Å². The lowest BCUT2D eigenvalue weighted by Crippen LogP contribution is -2.42. The Morgan fingerprint density at radius 3 is 2.50 bits per heavy atom. The Labute approximate surface area is 104 Å². The fourth-order valence-electron chi connectivity index (χ4n) is 1.96. The second-order valence-electron chi connectivity index (χ2n) is 4.28. The third-order valence-corrected chi connectivity index (χ3v) is 2.94. The number of imide groups is 1. The standard InChI is InChI=1S/C12H13N3O3/c1-12(8-5-3-2-4-6-8)10(17)15(7-9(13)16)11(18)14-12/h2-6H,7H2,1H3,(H2,13,16)(H,14,18)/t12-/m1/s1. The third kappa shape index (κ3) is 1.81. The number of hydrogen-bond acceptors (Lipinski definition) is 3. The van der Waals surface area contributed by atoms with Crippen LogP contribution in [0.5, 0.6) is 0 Å². The summed E-state index contributed by atoms with van der Waals surface area (Å²) in [6.07, 6.45) is 0. The van der Waals surface area contributed by atoms with Crippen molar-refractivity contribution < 1.29 is 14.4 Å². The lowest BCUT2D eigenvalue weighted by Gasteiger charge is -2.21. The van der Waals surface area contributed by atoms with Gasteiger partial charge in [-0.3, -0.25) is 14.5 Å². The first kappa shape index (κ1) is 12.1. The maximum absolute atomic E-state index is 12.2. The number of primary amides is 1. The topological polar surface area (TPSA) is 92.5 Å². The summed E-state index contributed by atoms with van der Waals surface area (Å²) in [6, 6.07) is 8.24. The number of nitrogens with one attached hydrogen (secondary N) is 1. The number of urea groups is 1. The van der Waals surface area contributed by atoms with E-state index >= 15 is 0 Å². The van der Waals surface area contributed by atoms with Crippen molar-refractivity contribution >= 4 is 17.8 Å². The highest BCUT2D eigenvalue weighted by molar-refractivity contribution is 6.09. The highest BCUT2D eigenvalue weighted by Gasteiger charge is 2.49. The number of benzene rings is 1. The van der Waals surface area contributed by atoms with Gasteiger partial charge in [0, 0.05) is 0 Å². The molecular weight excluding hydrogens is 234 g/mol. The first-order chi connectivity index (χ1) is 8.45. The van der Waals surface area contributed by atoms with Gasteiger partial charge in [0.05, 0.1) is 0 Å². The molecule has 1 atom stereocenters. The number of nitrogens with two attached hydrogens (primary N) is 1. The minimum Gasteiger partial charge on any atom is -0.368 e. The molecule has 1 saturated heterocycles. The molecule has 2 rings (SSSR count). The average molecular weight is 247 g/mol. The molecule has 6 nitrogen and oxygen atoms in total. The zero-order chi connectivity index (χ0) is 13.3. The molecule has 1 aliphatic rings. The summed E-state index contributed by atoms with van der Waals surface area (Å²) in [6.45, 7) is 1.19. The zero-order valence-electron chi connectivity index (χ0n) is 9.84. The quantitative estimate of drug-likeness (QED) is 0.733. The van der Waals surface area contributed by atoms with Crippen LogP contribution in [0.4, 0.5) is 4.79 Å². The molecular formula is C12H13N3O3. The van der Waals surface area contributed by atoms with Gasteiger partial charge in [-0.15, -0.1) is 0 Å². The van der Waals surface area contributed by atoms with Crippen molar-refractivity contribution in [3.8, 4) is 0 Å². The molecule has 4 amide bonds. The van der Waals surface area contributed by atoms with Gasteiger partial charge in [0.1, 0.15) is 12.1 Å². The normalized spacial score (nSPS) is 23.1. The maximum Gasteiger partial charge on any atom is 0.325 e. The van der Waals surface area contributed by atoms with Gasteiger partial charge in [0.15, 0.2) is 0 Å². The number of nitrogens with zero attached hydrogens (tertiary/aromatic N) is 1. The van der Waals surface area contributed by atoms with Crippen molar-refractivity contribution in [3.05, 3.63) is 35.9 Å². The predicted molar refractivity (Wildman–Crippen MR) is 63.2 cm³/mol. The molecule has 0 unspecified atom stereocenters. The molecule has 1 aliphatic heterocycles. The van der Waals surface area contributed by atoms with E-state index in [1.807, 2.05) is 6.07 Å². The van der Waals surface area contributed by atoms with Crippen molar-refractivity contribution in [2.24, 2.45) is 5.73 Å². The molecule has 1 aromatic rings. The largest absolute Gasteiger partial charge is 0.368 e. The first-order valence-electron chi connectivity index (χ1n) is 5.43. The summed E-state index contributed by atoms with van der Waals surface area (Å²) in [5, 5.41) is 2.58. The van der Waals surface area contributed by atoms with Gasteiger partial charge >= 0.3 is 6.03 Å². The molecule has 6 heteroatoms. The summed E-state index contributed by atoms with van der Waals surface area (Å²) >= 11 is 0. The average Bonchev–Trinajstić information content (AvgIpc) is 2.55. The van der Waals surface area contributed by atoms with Gasteiger partial charge in [0.25, 0.3) is 5.91 Å². The first-order valence-corrected chi connectivity index (χ1v) is 5.43. The molecule has 0 aromatic heterocycles. The van der Waals surface area contributed by atoms with E-state index in [-0.39, 0.29) is 0 Å². The minimum absolute atomic E-state index is 0.410.